The molecule has 2 fully saturated rings. The Labute approximate surface area is 216 Å². The zero-order chi connectivity index (χ0) is 26.9. The number of amides is 1. The van der Waals surface area contributed by atoms with E-state index in [0.717, 1.165) is 16.9 Å². The molecule has 1 aromatic heterocycles. The number of nitrogens with zero attached hydrogens (tertiary/aromatic N) is 4. The number of carbonyl (C=O) groups is 1. The van der Waals surface area contributed by atoms with Crippen molar-refractivity contribution >= 4 is 17.4 Å². The van der Waals surface area contributed by atoms with E-state index in [1.807, 2.05) is 36.9 Å². The van der Waals surface area contributed by atoms with Crippen LogP contribution in [0.3, 0.4) is 0 Å². The summed E-state index contributed by atoms with van der Waals surface area (Å²) in [5.74, 6) is 1.10. The molecule has 4 atom stereocenters. The summed E-state index contributed by atoms with van der Waals surface area (Å²) >= 11 is 0. The highest BCUT2D eigenvalue weighted by molar-refractivity contribution is 5.81. The summed E-state index contributed by atoms with van der Waals surface area (Å²) in [6, 6.07) is 7.41. The predicted molar refractivity (Wildman–Crippen MR) is 137 cm³/mol. The minimum Gasteiger partial charge on any atom is -0.493 e. The first-order chi connectivity index (χ1) is 17.6. The van der Waals surface area contributed by atoms with Crippen LogP contribution in [0, 0.1) is 18.9 Å². The van der Waals surface area contributed by atoms with Gasteiger partial charge in [-0.1, -0.05) is 13.0 Å². The highest BCUT2D eigenvalue weighted by atomic mass is 16.5. The lowest BCUT2D eigenvalue weighted by molar-refractivity contribution is -0.141. The Balaban J connectivity index is 1.52. The first-order valence-electron chi connectivity index (χ1n) is 12.3. The topological polar surface area (TPSA) is 120 Å². The van der Waals surface area contributed by atoms with E-state index in [-0.39, 0.29) is 18.6 Å². The van der Waals surface area contributed by atoms with Crippen molar-refractivity contribution in [3.63, 3.8) is 0 Å². The minimum atomic E-state index is -1.48. The molecule has 2 aromatic rings. The van der Waals surface area contributed by atoms with E-state index in [4.69, 9.17) is 16.0 Å². The van der Waals surface area contributed by atoms with Crippen molar-refractivity contribution in [2.75, 3.05) is 44.8 Å². The molecule has 0 saturated carbocycles. The van der Waals surface area contributed by atoms with Gasteiger partial charge in [0.05, 0.1) is 39.5 Å². The summed E-state index contributed by atoms with van der Waals surface area (Å²) in [7, 11) is 1.57. The maximum atomic E-state index is 12.6. The Morgan fingerprint density at radius 2 is 2.00 bits per heavy atom. The number of rotatable bonds is 8. The van der Waals surface area contributed by atoms with Crippen molar-refractivity contribution in [3.8, 4) is 11.5 Å². The monoisotopic (exact) mass is 510 g/mol. The predicted octanol–water partition coefficient (Wildman–Crippen LogP) is 1.88. The largest absolute Gasteiger partial charge is 0.493 e. The van der Waals surface area contributed by atoms with Crippen LogP contribution in [0.2, 0.25) is 0 Å². The zero-order valence-electron chi connectivity index (χ0n) is 21.6. The maximum absolute atomic E-state index is 12.6. The number of ether oxygens (including phenoxy) is 2. The van der Waals surface area contributed by atoms with Gasteiger partial charge < -0.3 is 34.6 Å². The molecule has 0 bridgehead atoms. The normalized spacial score (nSPS) is 23.2. The lowest BCUT2D eigenvalue weighted by Crippen LogP contribution is -2.54. The van der Waals surface area contributed by atoms with Crippen molar-refractivity contribution in [1.82, 2.24) is 9.88 Å². The van der Waals surface area contributed by atoms with Crippen molar-refractivity contribution in [2.24, 2.45) is 5.41 Å². The molecule has 0 aliphatic carbocycles. The fraction of sp³-hybridized carbons (Fsp3) is 0.519. The van der Waals surface area contributed by atoms with Gasteiger partial charge in [0.15, 0.2) is 23.3 Å². The van der Waals surface area contributed by atoms with Gasteiger partial charge in [0, 0.05) is 30.6 Å². The number of benzene rings is 1. The van der Waals surface area contributed by atoms with Gasteiger partial charge in [0.2, 0.25) is 0 Å². The average Bonchev–Trinajstić information content (AvgIpc) is 3.24. The Morgan fingerprint density at radius 1 is 1.27 bits per heavy atom. The van der Waals surface area contributed by atoms with Gasteiger partial charge in [0.1, 0.15) is 11.9 Å². The number of methoxy groups -OCH3 is 1. The van der Waals surface area contributed by atoms with Crippen LogP contribution in [0.1, 0.15) is 30.9 Å². The van der Waals surface area contributed by atoms with Crippen LogP contribution in [0.4, 0.5) is 11.5 Å². The molecule has 0 spiro atoms. The fourth-order valence-corrected chi connectivity index (χ4v) is 5.06. The number of aromatic nitrogens is 1. The van der Waals surface area contributed by atoms with E-state index in [9.17, 15) is 20.1 Å². The first kappa shape index (κ1) is 26.7. The number of aryl methyl sites for hydroxylation is 1. The Morgan fingerprint density at radius 3 is 2.62 bits per heavy atom. The number of aliphatic hydroxyl groups excluding tert-OH is 3. The Hall–Kier alpha value is -3.39. The number of aliphatic hydroxyl groups is 3. The lowest BCUT2D eigenvalue weighted by Gasteiger charge is -2.40. The van der Waals surface area contributed by atoms with Gasteiger partial charge in [-0.25, -0.2) is 9.83 Å². The molecule has 37 heavy (non-hydrogen) atoms. The molecule has 0 radical (unpaired) electrons. The maximum Gasteiger partial charge on any atom is 0.253 e. The molecule has 1 aromatic carbocycles. The summed E-state index contributed by atoms with van der Waals surface area (Å²) in [5.41, 5.74) is 1.64. The molecule has 0 unspecified atom stereocenters. The average molecular weight is 511 g/mol. The molecule has 10 heteroatoms. The lowest BCUT2D eigenvalue weighted by atomic mass is 9.72. The second-order valence-electron chi connectivity index (χ2n) is 10.1. The van der Waals surface area contributed by atoms with E-state index < -0.39 is 30.1 Å². The van der Waals surface area contributed by atoms with E-state index in [1.165, 1.54) is 4.90 Å². The van der Waals surface area contributed by atoms with Crippen LogP contribution in [-0.2, 0) is 4.79 Å². The molecule has 2 aliphatic heterocycles. The number of pyridine rings is 1. The molecule has 198 valence electrons. The third-order valence-corrected chi connectivity index (χ3v) is 7.69. The van der Waals surface area contributed by atoms with Gasteiger partial charge in [-0.05, 0) is 43.2 Å². The number of hydrogen-bond acceptors (Lipinski definition) is 8. The summed E-state index contributed by atoms with van der Waals surface area (Å²) in [4.78, 5) is 24.1. The molecule has 3 heterocycles. The number of carbonyl (C=O) groups excluding carboxylic acids is 1. The fourth-order valence-electron chi connectivity index (χ4n) is 5.06. The smallest absolute Gasteiger partial charge is 0.253 e. The number of likely N-dealkylation sites (tertiary alicyclic amines) is 1. The van der Waals surface area contributed by atoms with Crippen LogP contribution >= 0.6 is 0 Å². The minimum absolute atomic E-state index is 0.104. The summed E-state index contributed by atoms with van der Waals surface area (Å²) in [6.07, 6.45) is -0.608. The molecular weight excluding hydrogens is 476 g/mol. The summed E-state index contributed by atoms with van der Waals surface area (Å²) in [5, 5.41) is 29.8. The van der Waals surface area contributed by atoms with Crippen LogP contribution in [0.25, 0.3) is 4.85 Å². The highest BCUT2D eigenvalue weighted by Crippen LogP contribution is 2.47. The van der Waals surface area contributed by atoms with E-state index in [2.05, 4.69) is 9.83 Å². The zero-order valence-corrected chi connectivity index (χ0v) is 21.6. The van der Waals surface area contributed by atoms with Gasteiger partial charge in [0.25, 0.3) is 5.91 Å². The van der Waals surface area contributed by atoms with E-state index >= 15 is 0 Å². The van der Waals surface area contributed by atoms with E-state index in [1.54, 1.807) is 26.3 Å². The van der Waals surface area contributed by atoms with Crippen molar-refractivity contribution < 1.29 is 29.6 Å². The van der Waals surface area contributed by atoms with Crippen molar-refractivity contribution in [1.29, 1.82) is 0 Å². The Kier molecular flexibility index (Phi) is 7.59. The second-order valence-corrected chi connectivity index (χ2v) is 10.1. The van der Waals surface area contributed by atoms with Gasteiger partial charge in [-0.15, -0.1) is 0 Å². The quantitative estimate of drug-likeness (QED) is 0.461. The van der Waals surface area contributed by atoms with Gasteiger partial charge in [-0.2, -0.15) is 0 Å². The van der Waals surface area contributed by atoms with Crippen LogP contribution < -0.4 is 14.4 Å². The van der Waals surface area contributed by atoms with Crippen LogP contribution in [0.5, 0.6) is 11.5 Å². The summed E-state index contributed by atoms with van der Waals surface area (Å²) in [6.45, 7) is 13.9. The van der Waals surface area contributed by atoms with Crippen LogP contribution in [-0.4, -0.2) is 89.3 Å². The number of anilines is 1. The molecule has 10 nitrogen and oxygen atoms in total. The SMILES string of the molecule is [C-]#[N+]c1cc(N2CC(Oc3cc([C@@H]4CN(C(=O)[C@@H](O)CO)C[C@@]4(C)[C@@H](C)O)ccc3OC)C2)ncc1C. The molecule has 2 saturated heterocycles. The van der Waals surface area contributed by atoms with Crippen molar-refractivity contribution in [3.05, 3.63) is 53.0 Å². The second kappa shape index (κ2) is 10.5. The first-order valence-corrected chi connectivity index (χ1v) is 12.3. The third kappa shape index (κ3) is 5.07. The Bertz CT molecular complexity index is 1190. The van der Waals surface area contributed by atoms with Crippen molar-refractivity contribution in [2.45, 2.75) is 45.0 Å². The highest BCUT2D eigenvalue weighted by Gasteiger charge is 2.49. The summed E-state index contributed by atoms with van der Waals surface area (Å²) < 4.78 is 11.8. The standard InChI is InChI=1S/C27H34N4O6/c1-16-10-29-25(9-21(16)28-4)30-11-19(12-30)37-24-8-18(6-7-23(24)36-5)20-13-31(26(35)22(34)14-32)15-27(20,3)17(2)33/h6-10,17,19-20,22,32-34H,11-15H2,1-3,5H3/t17-,20+,22+,27+/m1/s1. The van der Waals surface area contributed by atoms with Crippen LogP contribution in [0.15, 0.2) is 30.5 Å². The molecular formula is C27H34N4O6. The molecule has 1 amide bonds. The third-order valence-electron chi connectivity index (χ3n) is 7.69. The van der Waals surface area contributed by atoms with Gasteiger partial charge in [-0.3, -0.25) is 4.79 Å². The molecule has 4 rings (SSSR count). The molecule has 2 aliphatic rings. The molecule has 3 N–H and O–H groups in total. The van der Waals surface area contributed by atoms with Gasteiger partial charge >= 0.3 is 0 Å². The number of hydrogen-bond donors (Lipinski definition) is 3. The van der Waals surface area contributed by atoms with E-state index in [0.29, 0.717) is 36.8 Å².